The predicted octanol–water partition coefficient (Wildman–Crippen LogP) is 1.23. The summed E-state index contributed by atoms with van der Waals surface area (Å²) >= 11 is 0. The van der Waals surface area contributed by atoms with E-state index in [4.69, 9.17) is 9.84 Å². The number of nitrogens with zero attached hydrogens (tertiary/aromatic N) is 4. The third-order valence-corrected chi connectivity index (χ3v) is 3.35. The van der Waals surface area contributed by atoms with Gasteiger partial charge in [-0.3, -0.25) is 4.57 Å². The number of aromatic nitrogens is 4. The zero-order valence-corrected chi connectivity index (χ0v) is 11.6. The second kappa shape index (κ2) is 5.74. The molecule has 1 aliphatic rings. The molecule has 3 heterocycles. The lowest BCUT2D eigenvalue weighted by atomic mass is 10.3. The lowest BCUT2D eigenvalue weighted by Gasteiger charge is -2.27. The number of hydrogen-bond acceptors (Lipinski definition) is 6. The van der Waals surface area contributed by atoms with Gasteiger partial charge in [0.2, 0.25) is 0 Å². The molecule has 1 unspecified atom stereocenters. The van der Waals surface area contributed by atoms with E-state index in [1.54, 1.807) is 23.9 Å². The Kier molecular flexibility index (Phi) is 3.80. The molecule has 1 fully saturated rings. The number of hydrogen-bond donors (Lipinski definition) is 2. The summed E-state index contributed by atoms with van der Waals surface area (Å²) in [6.07, 6.45) is 3.31. The number of aliphatic hydroxyl groups is 1. The van der Waals surface area contributed by atoms with E-state index in [0.29, 0.717) is 30.1 Å². The standard InChI is InChI=1S/C13H16FN5O2/c1-8(6-20)2-4-15-11-10-12(18-13(14)17-11)19(7-16-10)9-3-5-21-9/h2,7,9,20H,3-6H2,1H3,(H,15,17,18)/b8-2+. The molecule has 2 aromatic heterocycles. The van der Waals surface area contributed by atoms with Crippen LogP contribution in [0.15, 0.2) is 18.0 Å². The number of rotatable bonds is 5. The number of aliphatic hydroxyl groups excluding tert-OH is 1. The van der Waals surface area contributed by atoms with E-state index in [1.165, 1.54) is 0 Å². The van der Waals surface area contributed by atoms with Crippen molar-refractivity contribution in [2.75, 3.05) is 25.1 Å². The summed E-state index contributed by atoms with van der Waals surface area (Å²) < 4.78 is 20.7. The number of fused-ring (bicyclic) bond motifs is 1. The Morgan fingerprint density at radius 1 is 1.62 bits per heavy atom. The van der Waals surface area contributed by atoms with E-state index < -0.39 is 6.08 Å². The number of imidazole rings is 1. The maximum Gasteiger partial charge on any atom is 0.312 e. The van der Waals surface area contributed by atoms with E-state index in [9.17, 15) is 4.39 Å². The summed E-state index contributed by atoms with van der Waals surface area (Å²) in [5.41, 5.74) is 1.74. The molecule has 112 valence electrons. The summed E-state index contributed by atoms with van der Waals surface area (Å²) in [5, 5.41) is 11.9. The van der Waals surface area contributed by atoms with Crippen molar-refractivity contribution in [3.63, 3.8) is 0 Å². The first-order valence-electron chi connectivity index (χ1n) is 6.71. The van der Waals surface area contributed by atoms with Crippen LogP contribution < -0.4 is 5.32 Å². The second-order valence-corrected chi connectivity index (χ2v) is 4.87. The summed E-state index contributed by atoms with van der Waals surface area (Å²) in [5.74, 6) is 0.331. The van der Waals surface area contributed by atoms with E-state index in [1.807, 2.05) is 0 Å². The van der Waals surface area contributed by atoms with Gasteiger partial charge < -0.3 is 15.2 Å². The van der Waals surface area contributed by atoms with Gasteiger partial charge in [0.25, 0.3) is 0 Å². The third-order valence-electron chi connectivity index (χ3n) is 3.35. The lowest BCUT2D eigenvalue weighted by molar-refractivity contribution is -0.0974. The fourth-order valence-corrected chi connectivity index (χ4v) is 2.05. The van der Waals surface area contributed by atoms with Crippen molar-refractivity contribution in [3.8, 4) is 0 Å². The van der Waals surface area contributed by atoms with Crippen LogP contribution in [-0.4, -0.2) is 44.4 Å². The van der Waals surface area contributed by atoms with Crippen molar-refractivity contribution < 1.29 is 14.2 Å². The van der Waals surface area contributed by atoms with Crippen molar-refractivity contribution in [1.29, 1.82) is 0 Å². The SMILES string of the molecule is C/C(=C\CNc1nc(F)nc2c1ncn2C1CCO1)CO. The summed E-state index contributed by atoms with van der Waals surface area (Å²) in [7, 11) is 0. The Balaban J connectivity index is 1.89. The average Bonchev–Trinajstić information content (AvgIpc) is 2.80. The zero-order valence-electron chi connectivity index (χ0n) is 11.6. The van der Waals surface area contributed by atoms with E-state index >= 15 is 0 Å². The molecule has 2 N–H and O–H groups in total. The fraction of sp³-hybridized carbons (Fsp3) is 0.462. The first kappa shape index (κ1) is 13.9. The Labute approximate surface area is 120 Å². The van der Waals surface area contributed by atoms with Crippen molar-refractivity contribution in [1.82, 2.24) is 19.5 Å². The van der Waals surface area contributed by atoms with Crippen molar-refractivity contribution in [2.24, 2.45) is 0 Å². The summed E-state index contributed by atoms with van der Waals surface area (Å²) in [6.45, 7) is 2.91. The number of halogens is 1. The lowest BCUT2D eigenvalue weighted by Crippen LogP contribution is -2.24. The zero-order chi connectivity index (χ0) is 14.8. The highest BCUT2D eigenvalue weighted by molar-refractivity contribution is 5.82. The smallest absolute Gasteiger partial charge is 0.312 e. The second-order valence-electron chi connectivity index (χ2n) is 4.87. The van der Waals surface area contributed by atoms with Crippen LogP contribution in [0.1, 0.15) is 19.6 Å². The van der Waals surface area contributed by atoms with Crippen LogP contribution in [-0.2, 0) is 4.74 Å². The van der Waals surface area contributed by atoms with Crippen LogP contribution >= 0.6 is 0 Å². The number of anilines is 1. The van der Waals surface area contributed by atoms with Gasteiger partial charge in [0.05, 0.1) is 19.5 Å². The van der Waals surface area contributed by atoms with Gasteiger partial charge >= 0.3 is 6.08 Å². The van der Waals surface area contributed by atoms with Crippen LogP contribution in [0.4, 0.5) is 10.2 Å². The molecule has 0 saturated carbocycles. The van der Waals surface area contributed by atoms with Gasteiger partial charge in [0.1, 0.15) is 6.23 Å². The van der Waals surface area contributed by atoms with E-state index in [-0.39, 0.29) is 12.8 Å². The molecule has 0 amide bonds. The summed E-state index contributed by atoms with van der Waals surface area (Å²) in [4.78, 5) is 11.8. The van der Waals surface area contributed by atoms with E-state index in [0.717, 1.165) is 12.0 Å². The number of nitrogens with one attached hydrogen (secondary N) is 1. The van der Waals surface area contributed by atoms with E-state index in [2.05, 4.69) is 20.3 Å². The minimum atomic E-state index is -0.811. The summed E-state index contributed by atoms with van der Waals surface area (Å²) in [6, 6.07) is 0. The van der Waals surface area contributed by atoms with Gasteiger partial charge in [-0.1, -0.05) is 11.6 Å². The average molecular weight is 293 g/mol. The van der Waals surface area contributed by atoms with Crippen LogP contribution in [0.5, 0.6) is 0 Å². The molecule has 21 heavy (non-hydrogen) atoms. The highest BCUT2D eigenvalue weighted by Crippen LogP contribution is 2.28. The topological polar surface area (TPSA) is 85.1 Å². The predicted molar refractivity (Wildman–Crippen MR) is 74.2 cm³/mol. The van der Waals surface area contributed by atoms with Crippen molar-refractivity contribution >= 4 is 17.0 Å². The Morgan fingerprint density at radius 2 is 2.43 bits per heavy atom. The van der Waals surface area contributed by atoms with Gasteiger partial charge in [-0.15, -0.1) is 0 Å². The Bertz CT molecular complexity index is 680. The molecule has 1 atom stereocenters. The van der Waals surface area contributed by atoms with Crippen LogP contribution in [0.2, 0.25) is 0 Å². The maximum absolute atomic E-state index is 13.6. The van der Waals surface area contributed by atoms with Crippen LogP contribution in [0, 0.1) is 6.08 Å². The third kappa shape index (κ3) is 2.72. The molecule has 0 radical (unpaired) electrons. The molecule has 0 aromatic carbocycles. The number of ether oxygens (including phenoxy) is 1. The Morgan fingerprint density at radius 3 is 3.10 bits per heavy atom. The van der Waals surface area contributed by atoms with Gasteiger partial charge in [0, 0.05) is 13.0 Å². The van der Waals surface area contributed by atoms with Crippen molar-refractivity contribution in [3.05, 3.63) is 24.1 Å². The maximum atomic E-state index is 13.6. The molecular weight excluding hydrogens is 277 g/mol. The van der Waals surface area contributed by atoms with Crippen LogP contribution in [0.3, 0.4) is 0 Å². The minimum Gasteiger partial charge on any atom is -0.392 e. The van der Waals surface area contributed by atoms with Gasteiger partial charge in [-0.25, -0.2) is 4.98 Å². The minimum absolute atomic E-state index is 0.0110. The van der Waals surface area contributed by atoms with Gasteiger partial charge in [0.15, 0.2) is 17.0 Å². The quantitative estimate of drug-likeness (QED) is 0.637. The molecule has 2 aromatic rings. The van der Waals surface area contributed by atoms with Gasteiger partial charge in [-0.05, 0) is 6.92 Å². The largest absolute Gasteiger partial charge is 0.392 e. The fourth-order valence-electron chi connectivity index (χ4n) is 2.05. The highest BCUT2D eigenvalue weighted by atomic mass is 19.1. The van der Waals surface area contributed by atoms with Gasteiger partial charge in [-0.2, -0.15) is 14.4 Å². The molecule has 7 nitrogen and oxygen atoms in total. The normalized spacial score (nSPS) is 18.8. The highest BCUT2D eigenvalue weighted by Gasteiger charge is 2.24. The molecule has 1 aliphatic heterocycles. The molecule has 1 saturated heterocycles. The first-order chi connectivity index (χ1) is 10.2. The van der Waals surface area contributed by atoms with Crippen molar-refractivity contribution in [2.45, 2.75) is 19.6 Å². The molecule has 0 spiro atoms. The molecule has 3 rings (SSSR count). The Hall–Kier alpha value is -2.06. The molecule has 0 bridgehead atoms. The monoisotopic (exact) mass is 293 g/mol. The molecular formula is C13H16FN5O2. The molecule has 0 aliphatic carbocycles. The van der Waals surface area contributed by atoms with Crippen LogP contribution in [0.25, 0.3) is 11.2 Å². The first-order valence-corrected chi connectivity index (χ1v) is 6.71. The molecule has 8 heteroatoms.